The van der Waals surface area contributed by atoms with Gasteiger partial charge in [-0.2, -0.15) is 5.26 Å². The van der Waals surface area contributed by atoms with Gasteiger partial charge in [-0.15, -0.1) is 0 Å². The summed E-state index contributed by atoms with van der Waals surface area (Å²) in [6.07, 6.45) is 7.43. The van der Waals surface area contributed by atoms with Crippen molar-refractivity contribution in [2.45, 2.75) is 58.5 Å². The standard InChI is InChI=1S/C14H22FN/c1-3-12(10-16)14(15)9-11(2)13-7-5-4-6-8-13/h9,12-14H,3-8H2,1-2H3/b11-9+. The molecule has 90 valence electrons. The molecule has 0 radical (unpaired) electrons. The van der Waals surface area contributed by atoms with Crippen molar-refractivity contribution in [3.05, 3.63) is 11.6 Å². The summed E-state index contributed by atoms with van der Waals surface area (Å²) in [5.74, 6) is 0.0849. The van der Waals surface area contributed by atoms with E-state index in [1.54, 1.807) is 6.08 Å². The SMILES string of the molecule is CCC(C#N)C(F)/C=C(\C)C1CCCCC1. The van der Waals surface area contributed by atoms with Crippen molar-refractivity contribution in [2.75, 3.05) is 0 Å². The van der Waals surface area contributed by atoms with Gasteiger partial charge in [-0.3, -0.25) is 0 Å². The van der Waals surface area contributed by atoms with Gasteiger partial charge in [0.15, 0.2) is 0 Å². The van der Waals surface area contributed by atoms with Crippen LogP contribution in [0.2, 0.25) is 0 Å². The number of nitriles is 1. The molecule has 1 saturated carbocycles. The van der Waals surface area contributed by atoms with E-state index in [2.05, 4.69) is 0 Å². The quantitative estimate of drug-likeness (QED) is 0.648. The highest BCUT2D eigenvalue weighted by Crippen LogP contribution is 2.30. The average molecular weight is 223 g/mol. The van der Waals surface area contributed by atoms with Gasteiger partial charge in [-0.05, 0) is 32.1 Å². The van der Waals surface area contributed by atoms with E-state index in [4.69, 9.17) is 5.26 Å². The Bertz CT molecular complexity index is 271. The molecule has 0 bridgehead atoms. The summed E-state index contributed by atoms with van der Waals surface area (Å²) in [7, 11) is 0. The second kappa shape index (κ2) is 6.68. The third kappa shape index (κ3) is 3.63. The normalized spacial score (nSPS) is 22.5. The van der Waals surface area contributed by atoms with Gasteiger partial charge in [0.25, 0.3) is 0 Å². The molecule has 0 aromatic heterocycles. The summed E-state index contributed by atoms with van der Waals surface area (Å²) < 4.78 is 13.8. The highest BCUT2D eigenvalue weighted by atomic mass is 19.1. The van der Waals surface area contributed by atoms with Crippen LogP contribution in [-0.2, 0) is 0 Å². The largest absolute Gasteiger partial charge is 0.241 e. The van der Waals surface area contributed by atoms with Gasteiger partial charge < -0.3 is 0 Å². The van der Waals surface area contributed by atoms with Gasteiger partial charge in [0.05, 0.1) is 12.0 Å². The van der Waals surface area contributed by atoms with Crippen LogP contribution in [0, 0.1) is 23.2 Å². The monoisotopic (exact) mass is 223 g/mol. The first kappa shape index (κ1) is 13.2. The Kier molecular flexibility index (Phi) is 5.52. The van der Waals surface area contributed by atoms with Crippen molar-refractivity contribution in [1.29, 1.82) is 5.26 Å². The lowest BCUT2D eigenvalue weighted by Gasteiger charge is -2.23. The Balaban J connectivity index is 2.57. The van der Waals surface area contributed by atoms with E-state index in [0.29, 0.717) is 12.3 Å². The molecular formula is C14H22FN. The predicted molar refractivity (Wildman–Crippen MR) is 64.6 cm³/mol. The highest BCUT2D eigenvalue weighted by Gasteiger charge is 2.20. The Labute approximate surface area is 98.3 Å². The Morgan fingerprint density at radius 2 is 2.06 bits per heavy atom. The molecule has 1 aliphatic carbocycles. The predicted octanol–water partition coefficient (Wildman–Crippen LogP) is 4.40. The summed E-state index contributed by atoms with van der Waals surface area (Å²) in [4.78, 5) is 0. The minimum absolute atomic E-state index is 0.474. The van der Waals surface area contributed by atoms with E-state index in [0.717, 1.165) is 5.57 Å². The fourth-order valence-electron chi connectivity index (χ4n) is 2.45. The van der Waals surface area contributed by atoms with Crippen molar-refractivity contribution in [2.24, 2.45) is 11.8 Å². The van der Waals surface area contributed by atoms with Crippen LogP contribution >= 0.6 is 0 Å². The van der Waals surface area contributed by atoms with Crippen molar-refractivity contribution >= 4 is 0 Å². The molecule has 2 atom stereocenters. The van der Waals surface area contributed by atoms with Crippen molar-refractivity contribution in [1.82, 2.24) is 0 Å². The maximum absolute atomic E-state index is 13.8. The van der Waals surface area contributed by atoms with E-state index in [9.17, 15) is 4.39 Å². The van der Waals surface area contributed by atoms with Crippen LogP contribution in [0.15, 0.2) is 11.6 Å². The zero-order chi connectivity index (χ0) is 12.0. The van der Waals surface area contributed by atoms with Crippen LogP contribution in [0.4, 0.5) is 4.39 Å². The Hall–Kier alpha value is -0.840. The molecule has 2 heteroatoms. The molecule has 0 aromatic rings. The number of halogens is 1. The second-order valence-electron chi connectivity index (χ2n) is 4.83. The molecule has 0 heterocycles. The van der Waals surface area contributed by atoms with E-state index >= 15 is 0 Å². The van der Waals surface area contributed by atoms with Crippen LogP contribution < -0.4 is 0 Å². The van der Waals surface area contributed by atoms with E-state index in [1.165, 1.54) is 32.1 Å². The first-order valence-electron chi connectivity index (χ1n) is 6.41. The molecule has 16 heavy (non-hydrogen) atoms. The van der Waals surface area contributed by atoms with Gasteiger partial charge in [-0.25, -0.2) is 4.39 Å². The highest BCUT2D eigenvalue weighted by molar-refractivity contribution is 5.10. The molecule has 0 N–H and O–H groups in total. The summed E-state index contributed by atoms with van der Waals surface area (Å²) in [5.41, 5.74) is 1.15. The lowest BCUT2D eigenvalue weighted by Crippen LogP contribution is -2.14. The molecule has 1 rings (SSSR count). The molecule has 0 spiro atoms. The third-order valence-corrected chi connectivity index (χ3v) is 3.66. The average Bonchev–Trinajstić information content (AvgIpc) is 2.31. The van der Waals surface area contributed by atoms with E-state index < -0.39 is 12.1 Å². The lowest BCUT2D eigenvalue weighted by molar-refractivity contribution is 0.314. The molecule has 0 aromatic carbocycles. The zero-order valence-electron chi connectivity index (χ0n) is 10.4. The number of hydrogen-bond acceptors (Lipinski definition) is 1. The van der Waals surface area contributed by atoms with Crippen LogP contribution in [0.3, 0.4) is 0 Å². The first-order chi connectivity index (χ1) is 7.69. The molecule has 1 fully saturated rings. The molecule has 2 unspecified atom stereocenters. The van der Waals surface area contributed by atoms with Gasteiger partial charge in [-0.1, -0.05) is 37.8 Å². The number of rotatable bonds is 4. The van der Waals surface area contributed by atoms with Crippen molar-refractivity contribution < 1.29 is 4.39 Å². The minimum Gasteiger partial charge on any atom is -0.241 e. The number of nitrogens with zero attached hydrogens (tertiary/aromatic N) is 1. The second-order valence-corrected chi connectivity index (χ2v) is 4.83. The van der Waals surface area contributed by atoms with Gasteiger partial charge in [0.2, 0.25) is 0 Å². The number of alkyl halides is 1. The van der Waals surface area contributed by atoms with Crippen LogP contribution in [-0.4, -0.2) is 6.17 Å². The topological polar surface area (TPSA) is 23.8 Å². The minimum atomic E-state index is -1.09. The van der Waals surface area contributed by atoms with Gasteiger partial charge in [0, 0.05) is 0 Å². The number of hydrogen-bond donors (Lipinski definition) is 0. The summed E-state index contributed by atoms with van der Waals surface area (Å²) in [5, 5.41) is 8.80. The first-order valence-corrected chi connectivity index (χ1v) is 6.41. The molecule has 0 aliphatic heterocycles. The molecular weight excluding hydrogens is 201 g/mol. The summed E-state index contributed by atoms with van der Waals surface area (Å²) in [6.45, 7) is 3.89. The fraction of sp³-hybridized carbons (Fsp3) is 0.786. The van der Waals surface area contributed by atoms with Crippen LogP contribution in [0.1, 0.15) is 52.4 Å². The summed E-state index contributed by atoms with van der Waals surface area (Å²) >= 11 is 0. The van der Waals surface area contributed by atoms with Gasteiger partial charge >= 0.3 is 0 Å². The molecule has 1 nitrogen and oxygen atoms in total. The molecule has 0 saturated heterocycles. The Morgan fingerprint density at radius 3 is 2.56 bits per heavy atom. The van der Waals surface area contributed by atoms with Gasteiger partial charge in [0.1, 0.15) is 6.17 Å². The van der Waals surface area contributed by atoms with Crippen LogP contribution in [0.5, 0.6) is 0 Å². The number of allylic oxidation sites excluding steroid dienone is 2. The van der Waals surface area contributed by atoms with Crippen LogP contribution in [0.25, 0.3) is 0 Å². The maximum Gasteiger partial charge on any atom is 0.134 e. The Morgan fingerprint density at radius 1 is 1.44 bits per heavy atom. The smallest absolute Gasteiger partial charge is 0.134 e. The van der Waals surface area contributed by atoms with Crippen molar-refractivity contribution in [3.63, 3.8) is 0 Å². The fourth-order valence-corrected chi connectivity index (χ4v) is 2.45. The maximum atomic E-state index is 13.8. The van der Waals surface area contributed by atoms with Crippen molar-refractivity contribution in [3.8, 4) is 6.07 Å². The molecule has 1 aliphatic rings. The van der Waals surface area contributed by atoms with E-state index in [1.807, 2.05) is 19.9 Å². The van der Waals surface area contributed by atoms with E-state index in [-0.39, 0.29) is 0 Å². The zero-order valence-corrected chi connectivity index (χ0v) is 10.4. The third-order valence-electron chi connectivity index (χ3n) is 3.66. The summed E-state index contributed by atoms with van der Waals surface area (Å²) in [6, 6.07) is 2.04. The lowest BCUT2D eigenvalue weighted by atomic mass is 9.83. The molecule has 0 amide bonds.